The summed E-state index contributed by atoms with van der Waals surface area (Å²) in [5.74, 6) is 0.780. The van der Waals surface area contributed by atoms with Crippen molar-refractivity contribution in [3.63, 3.8) is 0 Å². The lowest BCUT2D eigenvalue weighted by Crippen LogP contribution is -2.29. The molecule has 0 bridgehead atoms. The molecule has 0 saturated heterocycles. The highest BCUT2D eigenvalue weighted by Crippen LogP contribution is 2.16. The van der Waals surface area contributed by atoms with Crippen LogP contribution in [0, 0.1) is 13.8 Å². The van der Waals surface area contributed by atoms with Gasteiger partial charge in [-0.2, -0.15) is 0 Å². The molecule has 5 heteroatoms. The van der Waals surface area contributed by atoms with Crippen LogP contribution in [-0.2, 0) is 16.0 Å². The topological polar surface area (TPSA) is 64.4 Å². The van der Waals surface area contributed by atoms with E-state index in [4.69, 9.17) is 9.26 Å². The smallest absolute Gasteiger partial charge is 0.220 e. The molecule has 0 radical (unpaired) electrons. The lowest BCUT2D eigenvalue weighted by molar-refractivity contribution is -0.121. The van der Waals surface area contributed by atoms with Crippen LogP contribution in [0.1, 0.15) is 35.1 Å². The van der Waals surface area contributed by atoms with Crippen molar-refractivity contribution in [2.75, 3.05) is 13.7 Å². The third-order valence-corrected chi connectivity index (χ3v) is 3.72. The zero-order valence-corrected chi connectivity index (χ0v) is 13.3. The minimum absolute atomic E-state index is 0.00187. The summed E-state index contributed by atoms with van der Waals surface area (Å²) < 4.78 is 10.5. The molecule has 5 nitrogen and oxygen atoms in total. The molecule has 0 spiro atoms. The Labute approximate surface area is 130 Å². The summed E-state index contributed by atoms with van der Waals surface area (Å²) in [7, 11) is 1.65. The van der Waals surface area contributed by atoms with Crippen LogP contribution in [0.15, 0.2) is 34.9 Å². The molecule has 1 amide bonds. The molecular formula is C17H22N2O3. The van der Waals surface area contributed by atoms with Crippen LogP contribution in [0.25, 0.3) is 0 Å². The average Bonchev–Trinajstić information content (AvgIpc) is 2.85. The van der Waals surface area contributed by atoms with Gasteiger partial charge < -0.3 is 14.6 Å². The molecule has 0 unspecified atom stereocenters. The van der Waals surface area contributed by atoms with Gasteiger partial charge in [0.1, 0.15) is 5.76 Å². The lowest BCUT2D eigenvalue weighted by atomic mass is 10.1. The number of hydrogen-bond donors (Lipinski definition) is 1. The largest absolute Gasteiger partial charge is 0.375 e. The number of rotatable bonds is 7. The van der Waals surface area contributed by atoms with Crippen LogP contribution in [0.4, 0.5) is 0 Å². The number of aryl methyl sites for hydroxylation is 2. The Morgan fingerprint density at radius 3 is 2.64 bits per heavy atom. The van der Waals surface area contributed by atoms with E-state index in [1.165, 1.54) is 0 Å². The van der Waals surface area contributed by atoms with Crippen molar-refractivity contribution in [1.82, 2.24) is 10.5 Å². The van der Waals surface area contributed by atoms with E-state index in [-0.39, 0.29) is 12.0 Å². The second-order valence-electron chi connectivity index (χ2n) is 5.24. The fourth-order valence-corrected chi connectivity index (χ4v) is 2.40. The maximum absolute atomic E-state index is 12.0. The molecule has 2 aromatic rings. The number of ether oxygens (including phenoxy) is 1. The first-order valence-corrected chi connectivity index (χ1v) is 7.38. The minimum Gasteiger partial charge on any atom is -0.375 e. The fraction of sp³-hybridized carbons (Fsp3) is 0.412. The van der Waals surface area contributed by atoms with Crippen molar-refractivity contribution >= 4 is 5.91 Å². The van der Waals surface area contributed by atoms with E-state index >= 15 is 0 Å². The molecule has 1 heterocycles. The van der Waals surface area contributed by atoms with Crippen molar-refractivity contribution in [3.8, 4) is 0 Å². The predicted octanol–water partition coefficient (Wildman–Crippen LogP) is 2.73. The van der Waals surface area contributed by atoms with Crippen LogP contribution in [-0.4, -0.2) is 24.7 Å². The first kappa shape index (κ1) is 16.2. The van der Waals surface area contributed by atoms with Gasteiger partial charge >= 0.3 is 0 Å². The number of amides is 1. The van der Waals surface area contributed by atoms with Crippen LogP contribution >= 0.6 is 0 Å². The van der Waals surface area contributed by atoms with Gasteiger partial charge in [0.2, 0.25) is 5.91 Å². The highest BCUT2D eigenvalue weighted by atomic mass is 16.5. The standard InChI is InChI=1S/C17H22N2O3/c1-12-15(13(2)22-19-12)9-10-17(20)18-11-16(21-3)14-7-5-4-6-8-14/h4-8,16H,9-11H2,1-3H3,(H,18,20)/t16-/m0/s1. The molecule has 1 aromatic carbocycles. The predicted molar refractivity (Wildman–Crippen MR) is 83.5 cm³/mol. The van der Waals surface area contributed by atoms with Crippen molar-refractivity contribution in [2.24, 2.45) is 0 Å². The number of benzene rings is 1. The summed E-state index contributed by atoms with van der Waals surface area (Å²) in [6, 6.07) is 9.86. The van der Waals surface area contributed by atoms with E-state index in [0.29, 0.717) is 19.4 Å². The van der Waals surface area contributed by atoms with Gasteiger partial charge in [-0.3, -0.25) is 4.79 Å². The molecule has 2 rings (SSSR count). The van der Waals surface area contributed by atoms with Gasteiger partial charge in [0, 0.05) is 25.6 Å². The van der Waals surface area contributed by atoms with Gasteiger partial charge in [0.05, 0.1) is 11.8 Å². The van der Waals surface area contributed by atoms with E-state index < -0.39 is 0 Å². The fourth-order valence-electron chi connectivity index (χ4n) is 2.40. The maximum atomic E-state index is 12.0. The second kappa shape index (κ2) is 7.75. The molecule has 1 aromatic heterocycles. The van der Waals surface area contributed by atoms with Gasteiger partial charge in [-0.15, -0.1) is 0 Å². The number of methoxy groups -OCH3 is 1. The molecule has 1 atom stereocenters. The number of carbonyl (C=O) groups is 1. The Morgan fingerprint density at radius 1 is 1.32 bits per heavy atom. The molecular weight excluding hydrogens is 280 g/mol. The third-order valence-electron chi connectivity index (χ3n) is 3.72. The summed E-state index contributed by atoms with van der Waals surface area (Å²) in [5, 5.41) is 6.81. The number of nitrogens with zero attached hydrogens (tertiary/aromatic N) is 1. The van der Waals surface area contributed by atoms with Gasteiger partial charge in [0.15, 0.2) is 0 Å². The monoisotopic (exact) mass is 302 g/mol. The van der Waals surface area contributed by atoms with E-state index in [9.17, 15) is 4.79 Å². The van der Waals surface area contributed by atoms with Crippen LogP contribution < -0.4 is 5.32 Å². The van der Waals surface area contributed by atoms with Crippen molar-refractivity contribution in [2.45, 2.75) is 32.8 Å². The van der Waals surface area contributed by atoms with Crippen LogP contribution in [0.2, 0.25) is 0 Å². The van der Waals surface area contributed by atoms with E-state index in [0.717, 1.165) is 22.6 Å². The molecule has 0 aliphatic rings. The van der Waals surface area contributed by atoms with Crippen LogP contribution in [0.5, 0.6) is 0 Å². The summed E-state index contributed by atoms with van der Waals surface area (Å²) in [6.45, 7) is 4.21. The SMILES string of the molecule is CO[C@@H](CNC(=O)CCc1c(C)noc1C)c1ccccc1. The second-order valence-corrected chi connectivity index (χ2v) is 5.24. The Hall–Kier alpha value is -2.14. The van der Waals surface area contributed by atoms with Gasteiger partial charge in [-0.25, -0.2) is 0 Å². The summed E-state index contributed by atoms with van der Waals surface area (Å²) in [4.78, 5) is 12.0. The first-order chi connectivity index (χ1) is 10.6. The Kier molecular flexibility index (Phi) is 5.72. The van der Waals surface area contributed by atoms with Gasteiger partial charge in [-0.1, -0.05) is 35.5 Å². The molecule has 0 fully saturated rings. The van der Waals surface area contributed by atoms with Gasteiger partial charge in [-0.05, 0) is 25.8 Å². The van der Waals surface area contributed by atoms with Gasteiger partial charge in [0.25, 0.3) is 0 Å². The van der Waals surface area contributed by atoms with E-state index in [2.05, 4.69) is 10.5 Å². The Balaban J connectivity index is 1.82. The summed E-state index contributed by atoms with van der Waals surface area (Å²) in [5.41, 5.74) is 2.92. The highest BCUT2D eigenvalue weighted by Gasteiger charge is 2.14. The maximum Gasteiger partial charge on any atom is 0.220 e. The number of hydrogen-bond acceptors (Lipinski definition) is 4. The quantitative estimate of drug-likeness (QED) is 0.854. The zero-order valence-electron chi connectivity index (χ0n) is 13.3. The van der Waals surface area contributed by atoms with Crippen molar-refractivity contribution < 1.29 is 14.1 Å². The normalized spacial score (nSPS) is 12.1. The Morgan fingerprint density at radius 2 is 2.05 bits per heavy atom. The number of nitrogens with one attached hydrogen (secondary N) is 1. The van der Waals surface area contributed by atoms with E-state index in [1.807, 2.05) is 44.2 Å². The van der Waals surface area contributed by atoms with Crippen molar-refractivity contribution in [1.29, 1.82) is 0 Å². The minimum atomic E-state index is -0.135. The third kappa shape index (κ3) is 4.18. The molecule has 0 saturated carbocycles. The molecule has 0 aliphatic heterocycles. The number of carbonyl (C=O) groups excluding carboxylic acids is 1. The highest BCUT2D eigenvalue weighted by molar-refractivity contribution is 5.76. The summed E-state index contributed by atoms with van der Waals surface area (Å²) >= 11 is 0. The zero-order chi connectivity index (χ0) is 15.9. The average molecular weight is 302 g/mol. The Bertz CT molecular complexity index is 588. The molecule has 1 N–H and O–H groups in total. The summed E-state index contributed by atoms with van der Waals surface area (Å²) in [6.07, 6.45) is 0.911. The first-order valence-electron chi connectivity index (χ1n) is 7.38. The van der Waals surface area contributed by atoms with E-state index in [1.54, 1.807) is 7.11 Å². The van der Waals surface area contributed by atoms with Crippen LogP contribution in [0.3, 0.4) is 0 Å². The molecule has 22 heavy (non-hydrogen) atoms. The molecule has 118 valence electrons. The van der Waals surface area contributed by atoms with Crippen molar-refractivity contribution in [3.05, 3.63) is 52.9 Å². The molecule has 0 aliphatic carbocycles. The number of aromatic nitrogens is 1. The lowest BCUT2D eigenvalue weighted by Gasteiger charge is -2.16.